The second kappa shape index (κ2) is 15.9. The number of rotatable bonds is 11. The minimum atomic E-state index is -0.870. The van der Waals surface area contributed by atoms with Gasteiger partial charge in [0.05, 0.1) is 6.10 Å². The molecule has 4 N–H and O–H groups in total. The van der Waals surface area contributed by atoms with Crippen LogP contribution in [-0.4, -0.2) is 45.1 Å². The third-order valence-electron chi connectivity index (χ3n) is 2.70. The zero-order valence-electron chi connectivity index (χ0n) is 12.3. The number of carboxylic acids is 2. The van der Waals surface area contributed by atoms with Crippen molar-refractivity contribution in [3.63, 3.8) is 0 Å². The topological polar surface area (TPSA) is 115 Å². The lowest BCUT2D eigenvalue weighted by Gasteiger charge is -2.05. The predicted molar refractivity (Wildman–Crippen MR) is 75.6 cm³/mol. The molecule has 0 aromatic rings. The van der Waals surface area contributed by atoms with Crippen LogP contribution in [-0.2, 0) is 9.59 Å². The molecule has 0 heterocycles. The van der Waals surface area contributed by atoms with Crippen LogP contribution in [0.3, 0.4) is 0 Å². The lowest BCUT2D eigenvalue weighted by Crippen LogP contribution is -2.03. The summed E-state index contributed by atoms with van der Waals surface area (Å²) < 4.78 is 0. The fraction of sp³-hybridized carbons (Fsp3) is 0.857. The molecule has 0 radical (unpaired) electrons. The summed E-state index contributed by atoms with van der Waals surface area (Å²) in [6.07, 6.45) is 5.57. The molecule has 0 bridgehead atoms. The molecule has 6 nitrogen and oxygen atoms in total. The summed E-state index contributed by atoms with van der Waals surface area (Å²) in [4.78, 5) is 19.8. The maximum Gasteiger partial charge on any atom is 0.303 e. The smallest absolute Gasteiger partial charge is 0.303 e. The molecule has 0 aliphatic rings. The quantitative estimate of drug-likeness (QED) is 0.433. The molecular weight excluding hydrogens is 264 g/mol. The molecule has 0 amide bonds. The van der Waals surface area contributed by atoms with E-state index < -0.39 is 11.9 Å². The van der Waals surface area contributed by atoms with Crippen molar-refractivity contribution in [3.05, 3.63) is 0 Å². The van der Waals surface area contributed by atoms with Crippen LogP contribution in [0.2, 0.25) is 0 Å². The Bertz CT molecular complexity index is 226. The summed E-state index contributed by atoms with van der Waals surface area (Å²) in [5.41, 5.74) is 0. The highest BCUT2D eigenvalue weighted by Gasteiger charge is 1.99. The van der Waals surface area contributed by atoms with Crippen LogP contribution in [0.25, 0.3) is 0 Å². The largest absolute Gasteiger partial charge is 0.481 e. The van der Waals surface area contributed by atoms with Crippen molar-refractivity contribution in [3.8, 4) is 0 Å². The van der Waals surface area contributed by atoms with Gasteiger partial charge in [-0.15, -0.1) is 0 Å². The van der Waals surface area contributed by atoms with Gasteiger partial charge in [0.15, 0.2) is 0 Å². The Kier molecular flexibility index (Phi) is 16.8. The van der Waals surface area contributed by atoms with E-state index in [1.54, 1.807) is 0 Å². The number of aliphatic hydroxyl groups excluding tert-OH is 2. The first kappa shape index (κ1) is 21.2. The summed E-state index contributed by atoms with van der Waals surface area (Å²) in [6, 6.07) is 0. The standard InChI is InChI=1S/C8H18O2.C6H10O4/c1-2-8(10)6-4-3-5-7-9;7-5(8)3-1-2-4-6(9)10/h8-10H,2-7H2,1H3;1-4H2,(H,7,8)(H,9,10). The first-order chi connectivity index (χ1) is 9.43. The molecule has 0 aromatic carbocycles. The van der Waals surface area contributed by atoms with Crippen molar-refractivity contribution < 1.29 is 30.0 Å². The van der Waals surface area contributed by atoms with Gasteiger partial charge in [-0.25, -0.2) is 0 Å². The van der Waals surface area contributed by atoms with Crippen LogP contribution in [0.5, 0.6) is 0 Å². The third kappa shape index (κ3) is 22.1. The first-order valence-corrected chi connectivity index (χ1v) is 7.16. The maximum absolute atomic E-state index is 9.90. The monoisotopic (exact) mass is 292 g/mol. The molecule has 1 unspecified atom stereocenters. The Hall–Kier alpha value is -1.14. The van der Waals surface area contributed by atoms with Crippen LogP contribution >= 0.6 is 0 Å². The van der Waals surface area contributed by atoms with Crippen LogP contribution in [0.4, 0.5) is 0 Å². The molecule has 0 spiro atoms. The van der Waals surface area contributed by atoms with Crippen molar-refractivity contribution >= 4 is 11.9 Å². The van der Waals surface area contributed by atoms with E-state index in [2.05, 4.69) is 0 Å². The van der Waals surface area contributed by atoms with E-state index in [1.807, 2.05) is 6.92 Å². The molecular formula is C14H28O6. The molecule has 0 aromatic heterocycles. The average molecular weight is 292 g/mol. The molecule has 120 valence electrons. The van der Waals surface area contributed by atoms with Crippen LogP contribution in [0.15, 0.2) is 0 Å². The SMILES string of the molecule is CCC(O)CCCCCO.O=C(O)CCCCC(=O)O. The zero-order chi connectivity index (χ0) is 15.8. The Morgan fingerprint density at radius 2 is 1.40 bits per heavy atom. The summed E-state index contributed by atoms with van der Waals surface area (Å²) in [6.45, 7) is 2.26. The van der Waals surface area contributed by atoms with Crippen molar-refractivity contribution in [1.82, 2.24) is 0 Å². The minimum Gasteiger partial charge on any atom is -0.481 e. The molecule has 6 heteroatoms. The molecule has 0 rings (SSSR count). The van der Waals surface area contributed by atoms with Crippen LogP contribution in [0.1, 0.15) is 64.7 Å². The van der Waals surface area contributed by atoms with Gasteiger partial charge in [0.1, 0.15) is 0 Å². The lowest BCUT2D eigenvalue weighted by atomic mass is 10.1. The van der Waals surface area contributed by atoms with E-state index in [9.17, 15) is 9.59 Å². The number of aliphatic hydroxyl groups is 2. The Morgan fingerprint density at radius 3 is 1.75 bits per heavy atom. The molecule has 20 heavy (non-hydrogen) atoms. The Morgan fingerprint density at radius 1 is 0.900 bits per heavy atom. The van der Waals surface area contributed by atoms with Gasteiger partial charge in [-0.05, 0) is 32.1 Å². The van der Waals surface area contributed by atoms with Crippen molar-refractivity contribution in [2.75, 3.05) is 6.61 Å². The van der Waals surface area contributed by atoms with Crippen LogP contribution < -0.4 is 0 Å². The maximum atomic E-state index is 9.90. The van der Waals surface area contributed by atoms with Gasteiger partial charge in [-0.2, -0.15) is 0 Å². The van der Waals surface area contributed by atoms with E-state index >= 15 is 0 Å². The van der Waals surface area contributed by atoms with E-state index in [0.717, 1.165) is 32.1 Å². The second-order valence-corrected chi connectivity index (χ2v) is 4.63. The summed E-state index contributed by atoms with van der Waals surface area (Å²) >= 11 is 0. The lowest BCUT2D eigenvalue weighted by molar-refractivity contribution is -0.139. The van der Waals surface area contributed by atoms with E-state index in [-0.39, 0.29) is 25.6 Å². The molecule has 0 saturated carbocycles. The molecule has 0 saturated heterocycles. The Labute approximate surface area is 120 Å². The van der Waals surface area contributed by atoms with Crippen molar-refractivity contribution in [2.24, 2.45) is 0 Å². The number of carbonyl (C=O) groups is 2. The molecule has 1 atom stereocenters. The zero-order valence-corrected chi connectivity index (χ0v) is 12.3. The van der Waals surface area contributed by atoms with Gasteiger partial charge in [0, 0.05) is 19.4 Å². The highest BCUT2D eigenvalue weighted by atomic mass is 16.4. The van der Waals surface area contributed by atoms with Crippen molar-refractivity contribution in [1.29, 1.82) is 0 Å². The second-order valence-electron chi connectivity index (χ2n) is 4.63. The minimum absolute atomic E-state index is 0.0628. The summed E-state index contributed by atoms with van der Waals surface area (Å²) in [5.74, 6) is -1.74. The average Bonchev–Trinajstić information content (AvgIpc) is 2.40. The van der Waals surface area contributed by atoms with E-state index in [4.69, 9.17) is 20.4 Å². The predicted octanol–water partition coefficient (Wildman–Crippen LogP) is 2.03. The van der Waals surface area contributed by atoms with Gasteiger partial charge < -0.3 is 20.4 Å². The van der Waals surface area contributed by atoms with Gasteiger partial charge in [0.2, 0.25) is 0 Å². The fourth-order valence-electron chi connectivity index (χ4n) is 1.43. The number of unbranched alkanes of at least 4 members (excludes halogenated alkanes) is 3. The van der Waals surface area contributed by atoms with E-state index in [1.165, 1.54) is 0 Å². The highest BCUT2D eigenvalue weighted by Crippen LogP contribution is 2.05. The van der Waals surface area contributed by atoms with Gasteiger partial charge in [0.25, 0.3) is 0 Å². The van der Waals surface area contributed by atoms with Gasteiger partial charge in [-0.3, -0.25) is 9.59 Å². The number of carboxylic acid groups (broad SMARTS) is 2. The normalized spacial score (nSPS) is 11.3. The Balaban J connectivity index is 0. The summed E-state index contributed by atoms with van der Waals surface area (Å²) in [5, 5.41) is 33.8. The van der Waals surface area contributed by atoms with Crippen LogP contribution in [0, 0.1) is 0 Å². The van der Waals surface area contributed by atoms with Gasteiger partial charge >= 0.3 is 11.9 Å². The fourth-order valence-corrected chi connectivity index (χ4v) is 1.43. The third-order valence-corrected chi connectivity index (χ3v) is 2.70. The number of hydrogen-bond donors (Lipinski definition) is 4. The van der Waals surface area contributed by atoms with Crippen molar-refractivity contribution in [2.45, 2.75) is 70.8 Å². The highest BCUT2D eigenvalue weighted by molar-refractivity contribution is 5.67. The van der Waals surface area contributed by atoms with Gasteiger partial charge in [-0.1, -0.05) is 19.8 Å². The number of aliphatic carboxylic acids is 2. The van der Waals surface area contributed by atoms with E-state index in [0.29, 0.717) is 12.8 Å². The number of hydrogen-bond acceptors (Lipinski definition) is 4. The molecule has 0 fully saturated rings. The molecule has 0 aliphatic heterocycles. The molecule has 0 aliphatic carbocycles. The summed E-state index contributed by atoms with van der Waals surface area (Å²) in [7, 11) is 0. The first-order valence-electron chi connectivity index (χ1n) is 7.16.